The highest BCUT2D eigenvalue weighted by Gasteiger charge is 2.21. The molecule has 0 saturated heterocycles. The van der Waals surface area contributed by atoms with Crippen molar-refractivity contribution in [1.82, 2.24) is 4.90 Å². The van der Waals surface area contributed by atoms with Crippen LogP contribution in [0.1, 0.15) is 18.6 Å². The molecule has 2 rings (SSSR count). The van der Waals surface area contributed by atoms with Crippen molar-refractivity contribution < 1.29 is 19.7 Å². The summed E-state index contributed by atoms with van der Waals surface area (Å²) in [5, 5.41) is 20.1. The summed E-state index contributed by atoms with van der Waals surface area (Å²) in [6, 6.07) is 5.19. The summed E-state index contributed by atoms with van der Waals surface area (Å²) in [7, 11) is 3.13. The first-order chi connectivity index (χ1) is 10.1. The van der Waals surface area contributed by atoms with Gasteiger partial charge in [-0.25, -0.2) is 0 Å². The molecule has 2 N–H and O–H groups in total. The van der Waals surface area contributed by atoms with Gasteiger partial charge in [0.25, 0.3) is 0 Å². The molecule has 1 aromatic rings. The molecule has 0 spiro atoms. The van der Waals surface area contributed by atoms with Gasteiger partial charge in [0.1, 0.15) is 5.76 Å². The van der Waals surface area contributed by atoms with Gasteiger partial charge in [0.05, 0.1) is 26.4 Å². The molecule has 1 aromatic carbocycles. The molecular weight excluding hydrogens is 270 g/mol. The molecule has 5 heteroatoms. The van der Waals surface area contributed by atoms with E-state index in [4.69, 9.17) is 9.47 Å². The monoisotopic (exact) mass is 291 g/mol. The average molecular weight is 291 g/mol. The van der Waals surface area contributed by atoms with E-state index >= 15 is 0 Å². The zero-order valence-corrected chi connectivity index (χ0v) is 12.5. The first kappa shape index (κ1) is 15.3. The van der Waals surface area contributed by atoms with E-state index in [1.807, 2.05) is 18.0 Å². The Kier molecular flexibility index (Phi) is 4.75. The molecule has 1 unspecified atom stereocenters. The normalized spacial score (nSPS) is 19.1. The highest BCUT2D eigenvalue weighted by molar-refractivity contribution is 5.43. The number of methoxy groups -OCH3 is 2. The Balaban J connectivity index is 2.12. The second-order valence-corrected chi connectivity index (χ2v) is 4.94. The zero-order valence-electron chi connectivity index (χ0n) is 12.5. The van der Waals surface area contributed by atoms with Crippen molar-refractivity contribution in [3.63, 3.8) is 0 Å². The van der Waals surface area contributed by atoms with Gasteiger partial charge in [0.2, 0.25) is 0 Å². The molecule has 1 heterocycles. The minimum Gasteiger partial charge on any atom is -0.510 e. The summed E-state index contributed by atoms with van der Waals surface area (Å²) in [5.74, 6) is 1.50. The third-order valence-corrected chi connectivity index (χ3v) is 3.65. The van der Waals surface area contributed by atoms with E-state index in [9.17, 15) is 10.2 Å². The second kappa shape index (κ2) is 6.54. The van der Waals surface area contributed by atoms with Crippen LogP contribution >= 0.6 is 0 Å². The van der Waals surface area contributed by atoms with E-state index < -0.39 is 6.10 Å². The first-order valence-corrected chi connectivity index (χ1v) is 6.80. The van der Waals surface area contributed by atoms with E-state index in [1.54, 1.807) is 44.6 Å². The van der Waals surface area contributed by atoms with Gasteiger partial charge >= 0.3 is 0 Å². The summed E-state index contributed by atoms with van der Waals surface area (Å²) in [6.07, 6.45) is 4.58. The standard InChI is InChI=1S/C16H21NO4/c1-11-13(18)5-4-8-17(11)10-14(19)12-6-7-15(20-2)16(9-12)21-3/h4-9,11,14,18-19H,10H2,1-3H3/t11-,14?/m0/s1. The lowest BCUT2D eigenvalue weighted by molar-refractivity contribution is 0.115. The maximum absolute atomic E-state index is 10.4. The molecule has 2 atom stereocenters. The number of aliphatic hydroxyl groups excluding tert-OH is 2. The molecule has 0 aromatic heterocycles. The van der Waals surface area contributed by atoms with Crippen molar-refractivity contribution in [1.29, 1.82) is 0 Å². The quantitative estimate of drug-likeness (QED) is 0.872. The highest BCUT2D eigenvalue weighted by Crippen LogP contribution is 2.30. The van der Waals surface area contributed by atoms with Gasteiger partial charge in [0, 0.05) is 6.54 Å². The lowest BCUT2D eigenvalue weighted by Gasteiger charge is -2.31. The maximum atomic E-state index is 10.4. The largest absolute Gasteiger partial charge is 0.510 e. The first-order valence-electron chi connectivity index (χ1n) is 6.80. The van der Waals surface area contributed by atoms with Gasteiger partial charge in [-0.1, -0.05) is 6.07 Å². The van der Waals surface area contributed by atoms with E-state index in [0.717, 1.165) is 5.56 Å². The van der Waals surface area contributed by atoms with Crippen molar-refractivity contribution in [2.45, 2.75) is 19.1 Å². The zero-order chi connectivity index (χ0) is 15.4. The van der Waals surface area contributed by atoms with Gasteiger partial charge in [-0.15, -0.1) is 0 Å². The predicted molar refractivity (Wildman–Crippen MR) is 80.5 cm³/mol. The molecule has 0 bridgehead atoms. The predicted octanol–water partition coefficient (Wildman–Crippen LogP) is 2.40. The number of benzene rings is 1. The Morgan fingerprint density at radius 1 is 1.24 bits per heavy atom. The minimum atomic E-state index is -0.692. The lowest BCUT2D eigenvalue weighted by Crippen LogP contribution is -2.34. The number of aliphatic hydroxyl groups is 2. The Morgan fingerprint density at radius 3 is 2.62 bits per heavy atom. The Morgan fingerprint density at radius 2 is 1.95 bits per heavy atom. The number of β-amino-alcohol motifs (C(OH)–C–C–N with tert-alkyl or cyclic N) is 1. The Bertz CT molecular complexity index is 553. The fourth-order valence-corrected chi connectivity index (χ4v) is 2.27. The highest BCUT2D eigenvalue weighted by atomic mass is 16.5. The molecule has 0 fully saturated rings. The van der Waals surface area contributed by atoms with Crippen LogP contribution in [0.3, 0.4) is 0 Å². The Labute approximate surface area is 124 Å². The van der Waals surface area contributed by atoms with Crippen molar-refractivity contribution in [2.75, 3.05) is 20.8 Å². The van der Waals surface area contributed by atoms with Crippen LogP contribution in [-0.2, 0) is 0 Å². The molecule has 0 aliphatic carbocycles. The molecule has 5 nitrogen and oxygen atoms in total. The third kappa shape index (κ3) is 3.31. The second-order valence-electron chi connectivity index (χ2n) is 4.94. The number of allylic oxidation sites excluding steroid dienone is 2. The van der Waals surface area contributed by atoms with Gasteiger partial charge in [0.15, 0.2) is 11.5 Å². The summed E-state index contributed by atoms with van der Waals surface area (Å²) in [5.41, 5.74) is 0.738. The molecule has 21 heavy (non-hydrogen) atoms. The number of nitrogens with zero attached hydrogens (tertiary/aromatic N) is 1. The fourth-order valence-electron chi connectivity index (χ4n) is 2.27. The van der Waals surface area contributed by atoms with Gasteiger partial charge in [-0.2, -0.15) is 0 Å². The van der Waals surface area contributed by atoms with Gasteiger partial charge in [-0.05, 0) is 43.0 Å². The van der Waals surface area contributed by atoms with Gasteiger partial charge in [-0.3, -0.25) is 0 Å². The van der Waals surface area contributed by atoms with Crippen LogP contribution in [0.25, 0.3) is 0 Å². The summed E-state index contributed by atoms with van der Waals surface area (Å²) in [4.78, 5) is 1.89. The lowest BCUT2D eigenvalue weighted by atomic mass is 10.1. The minimum absolute atomic E-state index is 0.148. The molecular formula is C16H21NO4. The topological polar surface area (TPSA) is 62.2 Å². The van der Waals surface area contributed by atoms with Crippen LogP contribution in [0.5, 0.6) is 11.5 Å². The summed E-state index contributed by atoms with van der Waals surface area (Å²) in [6.45, 7) is 2.27. The van der Waals surface area contributed by atoms with Crippen molar-refractivity contribution >= 4 is 0 Å². The molecule has 0 radical (unpaired) electrons. The van der Waals surface area contributed by atoms with Crippen LogP contribution in [0.4, 0.5) is 0 Å². The smallest absolute Gasteiger partial charge is 0.161 e. The van der Waals surface area contributed by atoms with Crippen molar-refractivity contribution in [3.05, 3.63) is 47.9 Å². The number of rotatable bonds is 5. The van der Waals surface area contributed by atoms with E-state index in [0.29, 0.717) is 18.0 Å². The van der Waals surface area contributed by atoms with E-state index in [2.05, 4.69) is 0 Å². The molecule has 1 aliphatic rings. The number of hydrogen-bond acceptors (Lipinski definition) is 5. The summed E-state index contributed by atoms with van der Waals surface area (Å²) >= 11 is 0. The van der Waals surface area contributed by atoms with E-state index in [-0.39, 0.29) is 11.8 Å². The third-order valence-electron chi connectivity index (χ3n) is 3.65. The maximum Gasteiger partial charge on any atom is 0.161 e. The molecule has 0 saturated carbocycles. The van der Waals surface area contributed by atoms with Crippen LogP contribution in [0.2, 0.25) is 0 Å². The summed E-state index contributed by atoms with van der Waals surface area (Å²) < 4.78 is 10.4. The van der Waals surface area contributed by atoms with Crippen molar-refractivity contribution in [3.8, 4) is 11.5 Å². The Hall–Kier alpha value is -2.14. The van der Waals surface area contributed by atoms with Crippen LogP contribution in [-0.4, -0.2) is 41.9 Å². The van der Waals surface area contributed by atoms with E-state index in [1.165, 1.54) is 0 Å². The van der Waals surface area contributed by atoms with Crippen molar-refractivity contribution in [2.24, 2.45) is 0 Å². The molecule has 0 amide bonds. The van der Waals surface area contributed by atoms with Crippen LogP contribution in [0, 0.1) is 0 Å². The number of ether oxygens (including phenoxy) is 2. The van der Waals surface area contributed by atoms with Gasteiger partial charge < -0.3 is 24.6 Å². The molecule has 114 valence electrons. The molecule has 1 aliphatic heterocycles. The average Bonchev–Trinajstić information content (AvgIpc) is 2.51. The fraction of sp³-hybridized carbons (Fsp3) is 0.375. The number of hydrogen-bond donors (Lipinski definition) is 2. The van der Waals surface area contributed by atoms with Crippen LogP contribution < -0.4 is 9.47 Å². The SMILES string of the molecule is COc1ccc(C(O)CN2C=CC=C(O)[C@@H]2C)cc1OC. The van der Waals surface area contributed by atoms with Crippen LogP contribution in [0.15, 0.2) is 42.3 Å².